The molecular weight excluding hydrogens is 857 g/mol. The highest BCUT2D eigenvalue weighted by Crippen LogP contribution is 2.46. The van der Waals surface area contributed by atoms with Crippen LogP contribution in [-0.4, -0.2) is 114 Å². The van der Waals surface area contributed by atoms with Crippen LogP contribution in [0.1, 0.15) is 102 Å². The number of rotatable bonds is 11. The van der Waals surface area contributed by atoms with Gasteiger partial charge in [-0.2, -0.15) is 0 Å². The van der Waals surface area contributed by atoms with Gasteiger partial charge < -0.3 is 29.7 Å². The second-order valence-electron chi connectivity index (χ2n) is 18.7. The summed E-state index contributed by atoms with van der Waals surface area (Å²) in [6.07, 6.45) is 12.5. The van der Waals surface area contributed by atoms with E-state index in [2.05, 4.69) is 28.0 Å². The Morgan fingerprint density at radius 1 is 0.954 bits per heavy atom. The molecule has 6 fully saturated rings. The summed E-state index contributed by atoms with van der Waals surface area (Å²) in [6.45, 7) is 3.83. The van der Waals surface area contributed by atoms with Crippen LogP contribution in [0.15, 0.2) is 49.1 Å². The number of carbonyl (C=O) groups is 6. The molecule has 7 atom stereocenters. The summed E-state index contributed by atoms with van der Waals surface area (Å²) in [5.41, 5.74) is -0.444. The zero-order chi connectivity index (χ0) is 45.5. The summed E-state index contributed by atoms with van der Waals surface area (Å²) in [4.78, 5) is 89.8. The summed E-state index contributed by atoms with van der Waals surface area (Å²) in [5, 5.41) is 5.81. The fraction of sp³-hybridized carbons (Fsp3) is 0.596. The van der Waals surface area contributed by atoms with E-state index in [1.54, 1.807) is 0 Å². The SMILES string of the molecule is C=C[C@@H]1C[C@]1(NC(=O)[C@@H]1C[C@@H]2CN1C(=O)[C@H](C1CCCC1)NC(=O)O[C@@H]1CCCC1CC/C=C/Cc1c(nc3ccccc3c1OCCN1C(=O)CCC1=O)O2)C(=O)NS(=O)(=O)C1CC1. The molecule has 7 aliphatic rings. The summed E-state index contributed by atoms with van der Waals surface area (Å²) in [7, 11) is -3.95. The molecular formula is C47H58N6O11S. The number of ether oxygens (including phenoxy) is 3. The number of para-hydroxylation sites is 1. The Morgan fingerprint density at radius 2 is 1.71 bits per heavy atom. The van der Waals surface area contributed by atoms with Crippen LogP contribution in [0.2, 0.25) is 0 Å². The number of allylic oxidation sites excluding steroid dienone is 2. The number of carbonyl (C=O) groups excluding carboxylic acids is 6. The van der Waals surface area contributed by atoms with Crippen molar-refractivity contribution >= 4 is 56.6 Å². The summed E-state index contributed by atoms with van der Waals surface area (Å²) in [6, 6.07) is 5.19. The number of aromatic nitrogens is 1. The summed E-state index contributed by atoms with van der Waals surface area (Å²) < 4.78 is 47.3. The van der Waals surface area contributed by atoms with Crippen molar-refractivity contribution in [3.63, 3.8) is 0 Å². The maximum Gasteiger partial charge on any atom is 0.408 e. The standard InChI is InChI=1S/C47H58N6O11S/c1-2-30-26-47(30,45(58)51-65(60,61)32-19-20-32)50-42(56)36-25-31-27-53(36)44(57)40(29-12-6-7-13-29)49-46(59)64-37-18-10-14-28(37)11-4-3-5-16-34-41(62-24-23-52-38(54)21-22-39(52)55)33-15-8-9-17-35(33)48-43(34)63-31/h2-3,5,8-9,15,17,28-32,36-37,40H,1,4,6-7,10-14,16,18-27H2,(H,49,59)(H,50,56)(H,51,58)/b5-3+/t28?,30-,31-,36+,37-,40+,47-/m1/s1. The predicted octanol–water partition coefficient (Wildman–Crippen LogP) is 4.13. The van der Waals surface area contributed by atoms with Crippen LogP contribution in [0.4, 0.5) is 4.79 Å². The van der Waals surface area contributed by atoms with E-state index in [9.17, 15) is 32.4 Å². The van der Waals surface area contributed by atoms with Gasteiger partial charge in [0.1, 0.15) is 42.2 Å². The number of pyridine rings is 1. The van der Waals surface area contributed by atoms with Gasteiger partial charge in [-0.15, -0.1) is 6.58 Å². The normalized spacial score (nSPS) is 30.3. The van der Waals surface area contributed by atoms with Gasteiger partial charge in [-0.05, 0) is 94.6 Å². The predicted molar refractivity (Wildman–Crippen MR) is 236 cm³/mol. The zero-order valence-electron chi connectivity index (χ0n) is 36.5. The molecule has 4 saturated carbocycles. The first-order chi connectivity index (χ1) is 31.3. The molecule has 2 saturated heterocycles. The van der Waals surface area contributed by atoms with Gasteiger partial charge in [0.15, 0.2) is 0 Å². The Kier molecular flexibility index (Phi) is 12.6. The van der Waals surface area contributed by atoms with Gasteiger partial charge in [-0.25, -0.2) is 18.2 Å². The zero-order valence-corrected chi connectivity index (χ0v) is 37.4. The number of alkyl carbamates (subject to hydrolysis) is 1. The molecule has 0 radical (unpaired) electrons. The molecule has 0 spiro atoms. The number of nitrogens with one attached hydrogen (secondary N) is 3. The highest BCUT2D eigenvalue weighted by Gasteiger charge is 2.62. The van der Waals surface area contributed by atoms with E-state index in [0.717, 1.165) is 38.5 Å². The molecule has 6 amide bonds. The number of hydrogen-bond acceptors (Lipinski definition) is 12. The summed E-state index contributed by atoms with van der Waals surface area (Å²) >= 11 is 0. The Labute approximate surface area is 378 Å². The molecule has 3 N–H and O–H groups in total. The first kappa shape index (κ1) is 44.7. The Morgan fingerprint density at radius 3 is 2.45 bits per heavy atom. The molecule has 17 nitrogen and oxygen atoms in total. The van der Waals surface area contributed by atoms with Crippen molar-refractivity contribution in [3.8, 4) is 11.6 Å². The molecule has 4 aliphatic carbocycles. The maximum atomic E-state index is 15.1. The van der Waals surface area contributed by atoms with Gasteiger partial charge in [-0.3, -0.25) is 33.6 Å². The molecule has 65 heavy (non-hydrogen) atoms. The number of hydrogen-bond donors (Lipinski definition) is 3. The topological polar surface area (TPSA) is 220 Å². The van der Waals surface area contributed by atoms with Crippen molar-refractivity contribution in [2.24, 2.45) is 17.8 Å². The average molecular weight is 915 g/mol. The van der Waals surface area contributed by atoms with Crippen molar-refractivity contribution in [1.29, 1.82) is 0 Å². The lowest BCUT2D eigenvalue weighted by Crippen LogP contribution is -2.59. The lowest BCUT2D eigenvalue weighted by atomic mass is 9.96. The fourth-order valence-corrected chi connectivity index (χ4v) is 11.9. The van der Waals surface area contributed by atoms with E-state index in [4.69, 9.17) is 19.2 Å². The minimum absolute atomic E-state index is 0.0237. The largest absolute Gasteiger partial charge is 0.491 e. The fourth-order valence-electron chi connectivity index (χ4n) is 10.6. The van der Waals surface area contributed by atoms with E-state index in [-0.39, 0.29) is 81.0 Å². The minimum Gasteiger partial charge on any atom is -0.491 e. The number of benzene rings is 1. The molecule has 348 valence electrons. The first-order valence-electron chi connectivity index (χ1n) is 23.3. The van der Waals surface area contributed by atoms with Crippen LogP contribution in [-0.2, 0) is 45.2 Å². The molecule has 18 heteroatoms. The molecule has 3 aliphatic heterocycles. The van der Waals surface area contributed by atoms with Crippen molar-refractivity contribution in [2.45, 2.75) is 138 Å². The smallest absolute Gasteiger partial charge is 0.408 e. The molecule has 4 heterocycles. The second kappa shape index (κ2) is 18.4. The Balaban J connectivity index is 1.07. The van der Waals surface area contributed by atoms with Crippen LogP contribution in [0.3, 0.4) is 0 Å². The van der Waals surface area contributed by atoms with Gasteiger partial charge in [0, 0.05) is 30.6 Å². The monoisotopic (exact) mass is 914 g/mol. The van der Waals surface area contributed by atoms with Crippen molar-refractivity contribution in [2.75, 3.05) is 19.7 Å². The lowest BCUT2D eigenvalue weighted by molar-refractivity contribution is -0.142. The molecule has 1 aromatic carbocycles. The van der Waals surface area contributed by atoms with Crippen LogP contribution in [0.25, 0.3) is 10.9 Å². The number of nitrogens with zero attached hydrogens (tertiary/aromatic N) is 3. The minimum atomic E-state index is -3.95. The van der Waals surface area contributed by atoms with Gasteiger partial charge in [0.25, 0.3) is 5.91 Å². The van der Waals surface area contributed by atoms with Crippen molar-refractivity contribution < 1.29 is 51.4 Å². The number of amides is 6. The maximum absolute atomic E-state index is 15.1. The first-order valence-corrected chi connectivity index (χ1v) is 24.9. The van der Waals surface area contributed by atoms with E-state index in [1.165, 1.54) is 15.9 Å². The third kappa shape index (κ3) is 9.32. The second-order valence-corrected chi connectivity index (χ2v) is 20.7. The van der Waals surface area contributed by atoms with Crippen LogP contribution in [0.5, 0.6) is 11.6 Å². The van der Waals surface area contributed by atoms with Crippen molar-refractivity contribution in [3.05, 3.63) is 54.6 Å². The van der Waals surface area contributed by atoms with Gasteiger partial charge in [-0.1, -0.05) is 43.2 Å². The van der Waals surface area contributed by atoms with Crippen molar-refractivity contribution in [1.82, 2.24) is 30.1 Å². The highest BCUT2D eigenvalue weighted by atomic mass is 32.2. The molecule has 2 aromatic rings. The molecule has 1 unspecified atom stereocenters. The van der Waals surface area contributed by atoms with Crippen LogP contribution in [0, 0.1) is 17.8 Å². The van der Waals surface area contributed by atoms with Gasteiger partial charge >= 0.3 is 6.09 Å². The van der Waals surface area contributed by atoms with E-state index in [1.807, 2.05) is 30.3 Å². The lowest BCUT2D eigenvalue weighted by Gasteiger charge is -2.32. The molecule has 1 aromatic heterocycles. The number of imide groups is 1. The van der Waals surface area contributed by atoms with E-state index >= 15 is 4.79 Å². The number of sulfonamides is 1. The number of likely N-dealkylation sites (tertiary alicyclic amines) is 1. The number of fused-ring (bicyclic) bond motifs is 5. The van der Waals surface area contributed by atoms with E-state index < -0.39 is 68.7 Å². The average Bonchev–Trinajstić information content (AvgIpc) is 4.00. The molecule has 9 rings (SSSR count). The van der Waals surface area contributed by atoms with E-state index in [0.29, 0.717) is 60.7 Å². The van der Waals surface area contributed by atoms with Gasteiger partial charge in [0.2, 0.25) is 39.5 Å². The highest BCUT2D eigenvalue weighted by molar-refractivity contribution is 7.91. The third-order valence-corrected chi connectivity index (χ3v) is 16.3. The summed E-state index contributed by atoms with van der Waals surface area (Å²) in [5.74, 6) is -2.47. The van der Waals surface area contributed by atoms with Crippen LogP contribution < -0.4 is 24.8 Å². The Bertz CT molecular complexity index is 2380. The quantitative estimate of drug-likeness (QED) is 0.214. The van der Waals surface area contributed by atoms with Crippen LogP contribution >= 0.6 is 0 Å². The Hall–Kier alpha value is -5.52. The van der Waals surface area contributed by atoms with Gasteiger partial charge in [0.05, 0.1) is 29.4 Å². The third-order valence-electron chi connectivity index (χ3n) is 14.4. The molecule has 2 bridgehead atoms.